The number of methoxy groups -OCH3 is 1. The van der Waals surface area contributed by atoms with Gasteiger partial charge in [0, 0.05) is 5.56 Å². The van der Waals surface area contributed by atoms with Gasteiger partial charge in [-0.2, -0.15) is 5.10 Å². The monoisotopic (exact) mass is 309 g/mol. The van der Waals surface area contributed by atoms with Gasteiger partial charge in [0.2, 0.25) is 0 Å². The summed E-state index contributed by atoms with van der Waals surface area (Å²) >= 11 is 3.59. The molecule has 18 heavy (non-hydrogen) atoms. The number of halogens is 1. The van der Waals surface area contributed by atoms with Crippen molar-refractivity contribution in [1.82, 2.24) is 10.2 Å². The smallest absolute Gasteiger partial charge is 0.136 e. The fourth-order valence-corrected chi connectivity index (χ4v) is 2.88. The SMILES string of the molecule is COc1c(C)c(C)c(-c2cn[nH]c2N)c(C)c1Br. The summed E-state index contributed by atoms with van der Waals surface area (Å²) in [6.45, 7) is 6.15. The second-order valence-corrected chi connectivity index (χ2v) is 5.09. The number of nitrogens with zero attached hydrogens (tertiary/aromatic N) is 1. The van der Waals surface area contributed by atoms with E-state index >= 15 is 0 Å². The van der Waals surface area contributed by atoms with E-state index in [1.807, 2.05) is 13.8 Å². The van der Waals surface area contributed by atoms with E-state index in [0.29, 0.717) is 5.82 Å². The molecule has 96 valence electrons. The number of benzene rings is 1. The molecule has 0 aliphatic heterocycles. The number of aromatic amines is 1. The maximum atomic E-state index is 5.92. The van der Waals surface area contributed by atoms with E-state index in [1.54, 1.807) is 13.3 Å². The Bertz CT molecular complexity index is 576. The van der Waals surface area contributed by atoms with Crippen molar-refractivity contribution in [3.05, 3.63) is 27.4 Å². The highest BCUT2D eigenvalue weighted by molar-refractivity contribution is 9.10. The van der Waals surface area contributed by atoms with Gasteiger partial charge in [0.15, 0.2) is 0 Å². The van der Waals surface area contributed by atoms with Gasteiger partial charge in [0.1, 0.15) is 11.6 Å². The van der Waals surface area contributed by atoms with Crippen LogP contribution in [0.2, 0.25) is 0 Å². The number of hydrogen-bond acceptors (Lipinski definition) is 3. The summed E-state index contributed by atoms with van der Waals surface area (Å²) in [7, 11) is 1.68. The first-order chi connectivity index (χ1) is 8.49. The van der Waals surface area contributed by atoms with Crippen molar-refractivity contribution in [2.75, 3.05) is 12.8 Å². The third-order valence-corrected chi connectivity index (χ3v) is 4.28. The molecule has 0 radical (unpaired) electrons. The summed E-state index contributed by atoms with van der Waals surface area (Å²) < 4.78 is 6.40. The van der Waals surface area contributed by atoms with Crippen molar-refractivity contribution in [1.29, 1.82) is 0 Å². The Hall–Kier alpha value is -1.49. The second-order valence-electron chi connectivity index (χ2n) is 4.29. The minimum atomic E-state index is 0.581. The fraction of sp³-hybridized carbons (Fsp3) is 0.308. The first-order valence-electron chi connectivity index (χ1n) is 5.61. The minimum Gasteiger partial charge on any atom is -0.495 e. The maximum Gasteiger partial charge on any atom is 0.136 e. The molecule has 0 fully saturated rings. The van der Waals surface area contributed by atoms with Crippen LogP contribution in [0.3, 0.4) is 0 Å². The van der Waals surface area contributed by atoms with Crippen LogP contribution in [0.15, 0.2) is 10.7 Å². The molecule has 0 saturated heterocycles. The predicted molar refractivity (Wildman–Crippen MR) is 76.9 cm³/mol. The number of ether oxygens (including phenoxy) is 1. The van der Waals surface area contributed by atoms with Crippen molar-refractivity contribution in [3.8, 4) is 16.9 Å². The fourth-order valence-electron chi connectivity index (χ4n) is 2.23. The quantitative estimate of drug-likeness (QED) is 0.894. The summed E-state index contributed by atoms with van der Waals surface area (Å²) in [6, 6.07) is 0. The van der Waals surface area contributed by atoms with Crippen LogP contribution in [0.5, 0.6) is 5.75 Å². The predicted octanol–water partition coefficient (Wildman–Crippen LogP) is 3.36. The lowest BCUT2D eigenvalue weighted by Crippen LogP contribution is -1.99. The van der Waals surface area contributed by atoms with Crippen LogP contribution in [0.4, 0.5) is 5.82 Å². The molecule has 0 aliphatic carbocycles. The summed E-state index contributed by atoms with van der Waals surface area (Å²) in [5.74, 6) is 1.45. The highest BCUT2D eigenvalue weighted by Crippen LogP contribution is 2.42. The summed E-state index contributed by atoms with van der Waals surface area (Å²) in [6.07, 6.45) is 1.75. The average Bonchev–Trinajstić information content (AvgIpc) is 2.75. The molecule has 5 heteroatoms. The molecule has 0 aliphatic rings. The Morgan fingerprint density at radius 2 is 1.89 bits per heavy atom. The molecule has 2 aromatic rings. The van der Waals surface area contributed by atoms with E-state index in [-0.39, 0.29) is 0 Å². The zero-order valence-electron chi connectivity index (χ0n) is 10.9. The van der Waals surface area contributed by atoms with Gasteiger partial charge in [-0.25, -0.2) is 0 Å². The molecule has 0 spiro atoms. The number of anilines is 1. The van der Waals surface area contributed by atoms with Crippen molar-refractivity contribution in [2.24, 2.45) is 0 Å². The minimum absolute atomic E-state index is 0.581. The Balaban J connectivity index is 2.81. The molecular formula is C13H16BrN3O. The normalized spacial score (nSPS) is 10.7. The Morgan fingerprint density at radius 3 is 2.39 bits per heavy atom. The summed E-state index contributed by atoms with van der Waals surface area (Å²) in [5, 5.41) is 6.76. The van der Waals surface area contributed by atoms with Crippen molar-refractivity contribution < 1.29 is 4.74 Å². The third kappa shape index (κ3) is 1.79. The van der Waals surface area contributed by atoms with Crippen LogP contribution in [0.25, 0.3) is 11.1 Å². The zero-order valence-corrected chi connectivity index (χ0v) is 12.5. The lowest BCUT2D eigenvalue weighted by Gasteiger charge is -2.18. The number of aromatic nitrogens is 2. The maximum absolute atomic E-state index is 5.92. The van der Waals surface area contributed by atoms with Gasteiger partial charge in [-0.1, -0.05) is 0 Å². The standard InChI is InChI=1S/C13H16BrN3O/c1-6-7(2)12(18-4)11(14)8(3)10(6)9-5-16-17-13(9)15/h5H,1-4H3,(H3,15,16,17). The molecule has 4 nitrogen and oxygen atoms in total. The summed E-state index contributed by atoms with van der Waals surface area (Å²) in [4.78, 5) is 0. The first kappa shape index (κ1) is 13.0. The number of rotatable bonds is 2. The van der Waals surface area contributed by atoms with E-state index < -0.39 is 0 Å². The molecule has 1 heterocycles. The third-order valence-electron chi connectivity index (χ3n) is 3.32. The second kappa shape index (κ2) is 4.65. The lowest BCUT2D eigenvalue weighted by molar-refractivity contribution is 0.408. The van der Waals surface area contributed by atoms with Gasteiger partial charge in [-0.15, -0.1) is 0 Å². The van der Waals surface area contributed by atoms with Gasteiger partial charge in [0.05, 0.1) is 17.8 Å². The Kier molecular flexibility index (Phi) is 3.34. The van der Waals surface area contributed by atoms with E-state index in [1.165, 1.54) is 0 Å². The van der Waals surface area contributed by atoms with Crippen LogP contribution in [-0.4, -0.2) is 17.3 Å². The zero-order chi connectivity index (χ0) is 13.4. The molecule has 0 saturated carbocycles. The number of H-pyrrole nitrogens is 1. The number of nitrogens with two attached hydrogens (primary N) is 1. The topological polar surface area (TPSA) is 63.9 Å². The van der Waals surface area contributed by atoms with Crippen LogP contribution in [0, 0.1) is 20.8 Å². The van der Waals surface area contributed by atoms with Gasteiger partial charge < -0.3 is 10.5 Å². The van der Waals surface area contributed by atoms with E-state index in [0.717, 1.165) is 38.0 Å². The van der Waals surface area contributed by atoms with Crippen LogP contribution in [0.1, 0.15) is 16.7 Å². The van der Waals surface area contributed by atoms with E-state index in [9.17, 15) is 0 Å². The van der Waals surface area contributed by atoms with E-state index in [4.69, 9.17) is 10.5 Å². The number of hydrogen-bond donors (Lipinski definition) is 2. The largest absolute Gasteiger partial charge is 0.495 e. The molecule has 1 aromatic heterocycles. The molecular weight excluding hydrogens is 294 g/mol. The molecule has 0 bridgehead atoms. The molecule has 0 amide bonds. The van der Waals surface area contributed by atoms with Crippen molar-refractivity contribution in [2.45, 2.75) is 20.8 Å². The highest BCUT2D eigenvalue weighted by atomic mass is 79.9. The number of nitrogens with one attached hydrogen (secondary N) is 1. The molecule has 0 atom stereocenters. The average molecular weight is 310 g/mol. The van der Waals surface area contributed by atoms with Crippen LogP contribution in [-0.2, 0) is 0 Å². The van der Waals surface area contributed by atoms with Crippen LogP contribution < -0.4 is 10.5 Å². The molecule has 1 aromatic carbocycles. The first-order valence-corrected chi connectivity index (χ1v) is 6.40. The van der Waals surface area contributed by atoms with Gasteiger partial charge in [-0.05, 0) is 59.0 Å². The summed E-state index contributed by atoms with van der Waals surface area (Å²) in [5.41, 5.74) is 11.3. The number of nitrogen functional groups attached to an aromatic ring is 1. The van der Waals surface area contributed by atoms with Gasteiger partial charge in [-0.3, -0.25) is 5.10 Å². The highest BCUT2D eigenvalue weighted by Gasteiger charge is 2.19. The van der Waals surface area contributed by atoms with Gasteiger partial charge >= 0.3 is 0 Å². The Labute approximate surface area is 115 Å². The molecule has 0 unspecified atom stereocenters. The van der Waals surface area contributed by atoms with Gasteiger partial charge in [0.25, 0.3) is 0 Å². The van der Waals surface area contributed by atoms with Crippen LogP contribution >= 0.6 is 15.9 Å². The van der Waals surface area contributed by atoms with Crippen molar-refractivity contribution >= 4 is 21.7 Å². The molecule has 2 rings (SSSR count). The molecule has 3 N–H and O–H groups in total. The van der Waals surface area contributed by atoms with Crippen molar-refractivity contribution in [3.63, 3.8) is 0 Å². The Morgan fingerprint density at radius 1 is 1.22 bits per heavy atom. The lowest BCUT2D eigenvalue weighted by atomic mass is 9.93. The van der Waals surface area contributed by atoms with E-state index in [2.05, 4.69) is 33.1 Å².